The Morgan fingerprint density at radius 2 is 1.78 bits per heavy atom. The first kappa shape index (κ1) is 26.6. The molecule has 2 aliphatic rings. The number of amides is 1. The molecule has 0 radical (unpaired) electrons. The number of nitrogens with one attached hydrogen (secondary N) is 1. The maximum Gasteiger partial charge on any atom is 0.259 e. The molecule has 0 atom stereocenters. The minimum atomic E-state index is -0.186. The molecule has 36 heavy (non-hydrogen) atoms. The average molecular weight is 577 g/mol. The van der Waals surface area contributed by atoms with E-state index in [1.165, 1.54) is 0 Å². The van der Waals surface area contributed by atoms with Crippen molar-refractivity contribution in [1.82, 2.24) is 14.7 Å². The van der Waals surface area contributed by atoms with E-state index in [4.69, 9.17) is 16.3 Å². The van der Waals surface area contributed by atoms with Crippen LogP contribution in [0, 0.1) is 6.92 Å². The van der Waals surface area contributed by atoms with Gasteiger partial charge in [-0.15, -0.1) is 0 Å². The molecule has 2 aromatic carbocycles. The van der Waals surface area contributed by atoms with Gasteiger partial charge < -0.3 is 20.4 Å². The molecule has 2 saturated heterocycles. The van der Waals surface area contributed by atoms with Crippen molar-refractivity contribution in [2.24, 2.45) is 0 Å². The topological polar surface area (TPSA) is 94.1 Å². The zero-order chi connectivity index (χ0) is 24.4. The van der Waals surface area contributed by atoms with E-state index in [2.05, 4.69) is 42.2 Å². The predicted molar refractivity (Wildman–Crippen MR) is 147 cm³/mol. The lowest BCUT2D eigenvalue weighted by Crippen LogP contribution is -2.49. The van der Waals surface area contributed by atoms with Crippen molar-refractivity contribution >= 4 is 44.8 Å². The van der Waals surface area contributed by atoms with Crippen molar-refractivity contribution < 1.29 is 15.0 Å². The SMILES string of the molecule is Cc1c(C(=O)Nc2ccc(N3CCC(N4CCOCC4)CC3)c(Br)c2)cnn1-c1ccc(Cl)cc1.O. The van der Waals surface area contributed by atoms with Crippen LogP contribution < -0.4 is 10.2 Å². The molecular formula is C26H31BrClN5O3. The fraction of sp³-hybridized carbons (Fsp3) is 0.385. The summed E-state index contributed by atoms with van der Waals surface area (Å²) < 4.78 is 8.22. The first-order chi connectivity index (χ1) is 17.0. The Morgan fingerprint density at radius 1 is 1.08 bits per heavy atom. The number of halogens is 2. The molecule has 3 aromatic rings. The Kier molecular flexibility index (Phi) is 8.69. The molecule has 0 saturated carbocycles. The lowest BCUT2D eigenvalue weighted by molar-refractivity contribution is 0.0115. The second-order valence-electron chi connectivity index (χ2n) is 9.02. The number of aromatic nitrogens is 2. The highest BCUT2D eigenvalue weighted by molar-refractivity contribution is 9.10. The lowest BCUT2D eigenvalue weighted by atomic mass is 10.0. The lowest BCUT2D eigenvalue weighted by Gasteiger charge is -2.41. The van der Waals surface area contributed by atoms with E-state index >= 15 is 0 Å². The molecule has 10 heteroatoms. The molecule has 1 aromatic heterocycles. The second kappa shape index (κ2) is 11.7. The summed E-state index contributed by atoms with van der Waals surface area (Å²) in [4.78, 5) is 18.0. The molecule has 8 nitrogen and oxygen atoms in total. The van der Waals surface area contributed by atoms with Crippen LogP contribution in [0.5, 0.6) is 0 Å². The van der Waals surface area contributed by atoms with E-state index in [1.807, 2.05) is 43.3 Å². The summed E-state index contributed by atoms with van der Waals surface area (Å²) in [5.41, 5.74) is 4.06. The Labute approximate surface area is 224 Å². The number of nitrogens with zero attached hydrogens (tertiary/aromatic N) is 4. The number of ether oxygens (including phenoxy) is 1. The predicted octanol–water partition coefficient (Wildman–Crippen LogP) is 4.33. The zero-order valence-electron chi connectivity index (χ0n) is 20.2. The normalized spacial score (nSPS) is 17.0. The molecule has 192 valence electrons. The molecule has 1 amide bonds. The third kappa shape index (κ3) is 5.76. The van der Waals surface area contributed by atoms with Crippen LogP contribution >= 0.6 is 27.5 Å². The highest BCUT2D eigenvalue weighted by Crippen LogP contribution is 2.32. The van der Waals surface area contributed by atoms with E-state index in [9.17, 15) is 4.79 Å². The number of piperidine rings is 1. The van der Waals surface area contributed by atoms with Gasteiger partial charge in [-0.2, -0.15) is 5.10 Å². The number of anilines is 2. The van der Waals surface area contributed by atoms with E-state index in [1.54, 1.807) is 10.9 Å². The molecule has 0 unspecified atom stereocenters. The zero-order valence-corrected chi connectivity index (χ0v) is 22.6. The number of rotatable bonds is 5. The van der Waals surface area contributed by atoms with Crippen molar-refractivity contribution in [2.75, 3.05) is 49.6 Å². The highest BCUT2D eigenvalue weighted by atomic mass is 79.9. The van der Waals surface area contributed by atoms with Crippen LogP contribution in [0.25, 0.3) is 5.69 Å². The van der Waals surface area contributed by atoms with Crippen LogP contribution in [0.3, 0.4) is 0 Å². The van der Waals surface area contributed by atoms with Gasteiger partial charge in [0, 0.05) is 47.4 Å². The molecule has 3 N–H and O–H groups in total. The third-order valence-corrected chi connectivity index (χ3v) is 7.79. The van der Waals surface area contributed by atoms with Crippen molar-refractivity contribution in [3.8, 4) is 5.69 Å². The van der Waals surface area contributed by atoms with Gasteiger partial charge in [-0.3, -0.25) is 9.69 Å². The summed E-state index contributed by atoms with van der Waals surface area (Å²) in [7, 11) is 0. The van der Waals surface area contributed by atoms with Gasteiger partial charge in [0.15, 0.2) is 0 Å². The summed E-state index contributed by atoms with van der Waals surface area (Å²) in [5, 5.41) is 8.07. The number of morpholine rings is 1. The quantitative estimate of drug-likeness (QED) is 0.488. The molecule has 2 fully saturated rings. The average Bonchev–Trinajstić information content (AvgIpc) is 3.27. The van der Waals surface area contributed by atoms with Gasteiger partial charge in [-0.25, -0.2) is 4.68 Å². The smallest absolute Gasteiger partial charge is 0.259 e. The van der Waals surface area contributed by atoms with Crippen molar-refractivity contribution in [2.45, 2.75) is 25.8 Å². The van der Waals surface area contributed by atoms with Gasteiger partial charge in [-0.05, 0) is 78.2 Å². The first-order valence-electron chi connectivity index (χ1n) is 12.0. The van der Waals surface area contributed by atoms with E-state index < -0.39 is 0 Å². The number of hydrogen-bond acceptors (Lipinski definition) is 5. The Balaban J connectivity index is 0.00000304. The maximum absolute atomic E-state index is 13.0. The first-order valence-corrected chi connectivity index (χ1v) is 13.1. The van der Waals surface area contributed by atoms with Crippen molar-refractivity contribution in [1.29, 1.82) is 0 Å². The maximum atomic E-state index is 13.0. The summed E-state index contributed by atoms with van der Waals surface area (Å²) >= 11 is 9.72. The molecule has 3 heterocycles. The molecule has 0 spiro atoms. The molecule has 2 aliphatic heterocycles. The minimum absolute atomic E-state index is 0. The van der Waals surface area contributed by atoms with Crippen molar-refractivity contribution in [3.63, 3.8) is 0 Å². The van der Waals surface area contributed by atoms with E-state index in [0.29, 0.717) is 16.6 Å². The molecule has 0 aliphatic carbocycles. The van der Waals surface area contributed by atoms with Gasteiger partial charge in [0.25, 0.3) is 5.91 Å². The summed E-state index contributed by atoms with van der Waals surface area (Å²) in [6.07, 6.45) is 3.91. The second-order valence-corrected chi connectivity index (χ2v) is 10.3. The van der Waals surface area contributed by atoms with Gasteiger partial charge in [0.1, 0.15) is 0 Å². The van der Waals surface area contributed by atoms with Gasteiger partial charge in [0.05, 0.1) is 42.0 Å². The minimum Gasteiger partial charge on any atom is -0.412 e. The Hall–Kier alpha value is -2.43. The summed E-state index contributed by atoms with van der Waals surface area (Å²) in [5.74, 6) is -0.186. The monoisotopic (exact) mass is 575 g/mol. The van der Waals surface area contributed by atoms with Gasteiger partial charge >= 0.3 is 0 Å². The Morgan fingerprint density at radius 3 is 2.44 bits per heavy atom. The van der Waals surface area contributed by atoms with Crippen LogP contribution in [0.4, 0.5) is 11.4 Å². The number of benzene rings is 2. The highest BCUT2D eigenvalue weighted by Gasteiger charge is 2.26. The Bertz CT molecular complexity index is 1190. The van der Waals surface area contributed by atoms with Crippen LogP contribution in [-0.2, 0) is 4.74 Å². The van der Waals surface area contributed by atoms with Crippen LogP contribution in [0.2, 0.25) is 5.02 Å². The standard InChI is InChI=1S/C26H29BrClN5O2.H2O/c1-18-23(17-29-33(18)22-5-2-19(28)3-6-22)26(34)30-20-4-7-25(24(27)16-20)32-10-8-21(9-11-32)31-12-14-35-15-13-31;/h2-7,16-17,21H,8-15H2,1H3,(H,30,34);1H2. The van der Waals surface area contributed by atoms with E-state index in [-0.39, 0.29) is 11.4 Å². The van der Waals surface area contributed by atoms with Crippen molar-refractivity contribution in [3.05, 3.63) is 69.4 Å². The fourth-order valence-electron chi connectivity index (χ4n) is 4.93. The summed E-state index contributed by atoms with van der Waals surface area (Å²) in [6, 6.07) is 14.0. The largest absolute Gasteiger partial charge is 0.412 e. The number of hydrogen-bond donors (Lipinski definition) is 1. The molecule has 0 bridgehead atoms. The van der Waals surface area contributed by atoms with Gasteiger partial charge in [0.2, 0.25) is 0 Å². The third-order valence-electron chi connectivity index (χ3n) is 6.90. The molecular weight excluding hydrogens is 546 g/mol. The van der Waals surface area contributed by atoms with Crippen LogP contribution in [-0.4, -0.2) is 71.5 Å². The number of carbonyl (C=O) groups excluding carboxylic acids is 1. The van der Waals surface area contributed by atoms with Crippen LogP contribution in [0.15, 0.2) is 53.1 Å². The summed E-state index contributed by atoms with van der Waals surface area (Å²) in [6.45, 7) is 7.71. The van der Waals surface area contributed by atoms with Crippen LogP contribution in [0.1, 0.15) is 28.9 Å². The fourth-order valence-corrected chi connectivity index (χ4v) is 5.68. The van der Waals surface area contributed by atoms with E-state index in [0.717, 1.165) is 79.5 Å². The number of carbonyl (C=O) groups is 1. The van der Waals surface area contributed by atoms with Gasteiger partial charge in [-0.1, -0.05) is 11.6 Å². The molecule has 5 rings (SSSR count).